The van der Waals surface area contributed by atoms with Gasteiger partial charge in [0.2, 0.25) is 0 Å². The lowest BCUT2D eigenvalue weighted by Gasteiger charge is -2.14. The molecule has 0 saturated heterocycles. The Balaban J connectivity index is 2.25. The topological polar surface area (TPSA) is 89.2 Å². The van der Waals surface area contributed by atoms with Gasteiger partial charge in [0.15, 0.2) is 0 Å². The maximum absolute atomic E-state index is 10.1. The number of nitriles is 1. The van der Waals surface area contributed by atoms with E-state index in [0.29, 0.717) is 28.9 Å². The highest BCUT2D eigenvalue weighted by atomic mass is 79.9. The quantitative estimate of drug-likeness (QED) is 0.791. The molecular weight excluding hydrogens is 334 g/mol. The van der Waals surface area contributed by atoms with E-state index in [0.717, 1.165) is 10.2 Å². The van der Waals surface area contributed by atoms with Crippen LogP contribution in [0.15, 0.2) is 28.9 Å². The van der Waals surface area contributed by atoms with Crippen molar-refractivity contribution in [2.24, 2.45) is 0 Å². The summed E-state index contributed by atoms with van der Waals surface area (Å²) in [7, 11) is 0. The maximum atomic E-state index is 10.1. The van der Waals surface area contributed by atoms with Crippen molar-refractivity contribution in [3.63, 3.8) is 0 Å². The molecule has 0 spiro atoms. The van der Waals surface area contributed by atoms with Gasteiger partial charge in [0, 0.05) is 34.0 Å². The van der Waals surface area contributed by atoms with Crippen LogP contribution in [0.1, 0.15) is 22.4 Å². The van der Waals surface area contributed by atoms with Crippen LogP contribution in [-0.2, 0) is 13.2 Å². The van der Waals surface area contributed by atoms with Gasteiger partial charge in [-0.25, -0.2) is 0 Å². The van der Waals surface area contributed by atoms with E-state index in [1.165, 1.54) is 0 Å². The standard InChI is InChI=1S/C15H14BrN3O2/c1-9-15(21)12(11(8-20)6-18-9)7-19-14-3-2-10(5-17)4-13(14)16/h2-4,6,19-21H,7-8H2,1H3. The molecule has 0 radical (unpaired) electrons. The molecule has 5 nitrogen and oxygen atoms in total. The molecule has 0 bridgehead atoms. The number of aliphatic hydroxyl groups is 1. The molecule has 0 aliphatic rings. The van der Waals surface area contributed by atoms with Gasteiger partial charge in [0.25, 0.3) is 0 Å². The molecule has 1 aromatic carbocycles. The third kappa shape index (κ3) is 3.32. The van der Waals surface area contributed by atoms with Crippen molar-refractivity contribution in [3.8, 4) is 11.8 Å². The highest BCUT2D eigenvalue weighted by molar-refractivity contribution is 9.10. The summed E-state index contributed by atoms with van der Waals surface area (Å²) in [6.45, 7) is 1.86. The molecule has 0 aliphatic heterocycles. The zero-order valence-electron chi connectivity index (χ0n) is 11.4. The summed E-state index contributed by atoms with van der Waals surface area (Å²) in [6, 6.07) is 7.27. The van der Waals surface area contributed by atoms with E-state index in [9.17, 15) is 10.2 Å². The number of aliphatic hydroxyl groups excluding tert-OH is 1. The number of hydrogen-bond acceptors (Lipinski definition) is 5. The van der Waals surface area contributed by atoms with Crippen molar-refractivity contribution in [3.05, 3.63) is 51.3 Å². The molecule has 1 aromatic heterocycles. The number of aromatic nitrogens is 1. The lowest BCUT2D eigenvalue weighted by molar-refractivity contribution is 0.279. The first kappa shape index (κ1) is 15.3. The molecule has 0 unspecified atom stereocenters. The van der Waals surface area contributed by atoms with Crippen LogP contribution in [0.3, 0.4) is 0 Å². The number of pyridine rings is 1. The lowest BCUT2D eigenvalue weighted by atomic mass is 10.1. The Morgan fingerprint density at radius 3 is 2.81 bits per heavy atom. The van der Waals surface area contributed by atoms with Crippen LogP contribution in [0.5, 0.6) is 5.75 Å². The Morgan fingerprint density at radius 1 is 1.43 bits per heavy atom. The minimum atomic E-state index is -0.188. The van der Waals surface area contributed by atoms with Gasteiger partial charge in [-0.15, -0.1) is 0 Å². The van der Waals surface area contributed by atoms with Crippen molar-refractivity contribution < 1.29 is 10.2 Å². The molecule has 0 fully saturated rings. The monoisotopic (exact) mass is 347 g/mol. The first-order valence-electron chi connectivity index (χ1n) is 6.27. The van der Waals surface area contributed by atoms with E-state index in [1.807, 2.05) is 0 Å². The van der Waals surface area contributed by atoms with Crippen LogP contribution in [0, 0.1) is 18.3 Å². The number of halogens is 1. The van der Waals surface area contributed by atoms with Gasteiger partial charge in [-0.3, -0.25) is 4.98 Å². The second-order valence-electron chi connectivity index (χ2n) is 4.51. The van der Waals surface area contributed by atoms with Crippen LogP contribution >= 0.6 is 15.9 Å². The summed E-state index contributed by atoms with van der Waals surface area (Å²) in [6.07, 6.45) is 1.56. The Hall–Kier alpha value is -2.10. The molecule has 1 heterocycles. The minimum Gasteiger partial charge on any atom is -0.506 e. The van der Waals surface area contributed by atoms with Crippen LogP contribution in [0.25, 0.3) is 0 Å². The molecule has 2 aromatic rings. The van der Waals surface area contributed by atoms with Crippen molar-refractivity contribution in [1.29, 1.82) is 5.26 Å². The van der Waals surface area contributed by atoms with Gasteiger partial charge in [-0.05, 0) is 41.1 Å². The van der Waals surface area contributed by atoms with E-state index in [4.69, 9.17) is 5.26 Å². The second-order valence-corrected chi connectivity index (χ2v) is 5.37. The fourth-order valence-electron chi connectivity index (χ4n) is 1.93. The predicted molar refractivity (Wildman–Crippen MR) is 82.7 cm³/mol. The smallest absolute Gasteiger partial charge is 0.142 e. The van der Waals surface area contributed by atoms with Gasteiger partial charge >= 0.3 is 0 Å². The Kier molecular flexibility index (Phi) is 4.78. The minimum absolute atomic E-state index is 0.0822. The molecule has 3 N–H and O–H groups in total. The largest absolute Gasteiger partial charge is 0.506 e. The zero-order valence-corrected chi connectivity index (χ0v) is 13.0. The number of nitrogens with zero attached hydrogens (tertiary/aromatic N) is 2. The number of nitrogens with one attached hydrogen (secondary N) is 1. The molecule has 2 rings (SSSR count). The summed E-state index contributed by atoms with van der Waals surface area (Å²) in [5.41, 5.74) is 3.07. The van der Waals surface area contributed by atoms with E-state index in [1.54, 1.807) is 31.3 Å². The number of aryl methyl sites for hydroxylation is 1. The van der Waals surface area contributed by atoms with E-state index in [2.05, 4.69) is 32.3 Å². The van der Waals surface area contributed by atoms with Gasteiger partial charge in [0.1, 0.15) is 5.75 Å². The normalized spacial score (nSPS) is 10.2. The van der Waals surface area contributed by atoms with Crippen LogP contribution < -0.4 is 5.32 Å². The molecule has 0 amide bonds. The molecule has 21 heavy (non-hydrogen) atoms. The van der Waals surface area contributed by atoms with E-state index >= 15 is 0 Å². The summed E-state index contributed by atoms with van der Waals surface area (Å²) in [5, 5.41) is 31.4. The maximum Gasteiger partial charge on any atom is 0.142 e. The SMILES string of the molecule is Cc1ncc(CO)c(CNc2ccc(C#N)cc2Br)c1O. The summed E-state index contributed by atoms with van der Waals surface area (Å²) < 4.78 is 0.761. The molecule has 0 atom stereocenters. The number of rotatable bonds is 4. The van der Waals surface area contributed by atoms with Crippen LogP contribution in [0.4, 0.5) is 5.69 Å². The van der Waals surface area contributed by atoms with E-state index < -0.39 is 0 Å². The number of anilines is 1. The molecule has 0 aliphatic carbocycles. The van der Waals surface area contributed by atoms with Gasteiger partial charge in [-0.1, -0.05) is 0 Å². The molecule has 0 saturated carbocycles. The number of benzene rings is 1. The van der Waals surface area contributed by atoms with Crippen molar-refractivity contribution in [2.45, 2.75) is 20.1 Å². The van der Waals surface area contributed by atoms with Crippen LogP contribution in [-0.4, -0.2) is 15.2 Å². The first-order valence-corrected chi connectivity index (χ1v) is 7.06. The second kappa shape index (κ2) is 6.57. The van der Waals surface area contributed by atoms with Crippen molar-refractivity contribution in [2.75, 3.05) is 5.32 Å². The van der Waals surface area contributed by atoms with Crippen molar-refractivity contribution in [1.82, 2.24) is 4.98 Å². The molecular formula is C15H14BrN3O2. The Labute approximate surface area is 131 Å². The molecule has 6 heteroatoms. The average molecular weight is 348 g/mol. The lowest BCUT2D eigenvalue weighted by Crippen LogP contribution is -2.06. The highest BCUT2D eigenvalue weighted by Gasteiger charge is 2.11. The van der Waals surface area contributed by atoms with Gasteiger partial charge < -0.3 is 15.5 Å². The van der Waals surface area contributed by atoms with Crippen molar-refractivity contribution >= 4 is 21.6 Å². The Bertz CT molecular complexity index is 711. The third-order valence-electron chi connectivity index (χ3n) is 3.15. The summed E-state index contributed by atoms with van der Waals surface area (Å²) in [4.78, 5) is 4.02. The predicted octanol–water partition coefficient (Wildman–Crippen LogP) is 2.83. The summed E-state index contributed by atoms with van der Waals surface area (Å²) in [5.74, 6) is 0.0822. The Morgan fingerprint density at radius 2 is 2.19 bits per heavy atom. The first-order chi connectivity index (χ1) is 10.1. The highest BCUT2D eigenvalue weighted by Crippen LogP contribution is 2.28. The fourth-order valence-corrected chi connectivity index (χ4v) is 2.45. The fraction of sp³-hybridized carbons (Fsp3) is 0.200. The van der Waals surface area contributed by atoms with E-state index in [-0.39, 0.29) is 12.4 Å². The zero-order chi connectivity index (χ0) is 15.4. The number of aromatic hydroxyl groups is 1. The van der Waals surface area contributed by atoms with Crippen LogP contribution in [0.2, 0.25) is 0 Å². The number of hydrogen-bond donors (Lipinski definition) is 3. The van der Waals surface area contributed by atoms with Gasteiger partial charge in [-0.2, -0.15) is 5.26 Å². The average Bonchev–Trinajstić information content (AvgIpc) is 2.49. The van der Waals surface area contributed by atoms with Gasteiger partial charge in [0.05, 0.1) is 23.9 Å². The third-order valence-corrected chi connectivity index (χ3v) is 3.81. The molecule has 108 valence electrons. The summed E-state index contributed by atoms with van der Waals surface area (Å²) >= 11 is 3.39.